The van der Waals surface area contributed by atoms with Gasteiger partial charge in [-0.15, -0.1) is 0 Å². The van der Waals surface area contributed by atoms with Gasteiger partial charge in [0.1, 0.15) is 17.4 Å². The van der Waals surface area contributed by atoms with Crippen LogP contribution in [-0.2, 0) is 14.3 Å². The van der Waals surface area contributed by atoms with Gasteiger partial charge in [0.2, 0.25) is 0 Å². The number of benzene rings is 2. The van der Waals surface area contributed by atoms with Gasteiger partial charge in [0.25, 0.3) is 0 Å². The third kappa shape index (κ3) is 7.12. The first kappa shape index (κ1) is 34.4. The first-order chi connectivity index (χ1) is 22.7. The summed E-state index contributed by atoms with van der Waals surface area (Å²) in [6.07, 6.45) is 4.98. The number of piperidine rings is 1. The molecule has 0 spiro atoms. The Hall–Kier alpha value is -3.47. The Balaban J connectivity index is 1.56. The van der Waals surface area contributed by atoms with E-state index in [1.54, 1.807) is 6.07 Å². The van der Waals surface area contributed by atoms with Gasteiger partial charge in [-0.05, 0) is 125 Å². The van der Waals surface area contributed by atoms with E-state index in [9.17, 15) is 14.3 Å². The minimum atomic E-state index is -1.21. The lowest BCUT2D eigenvalue weighted by Gasteiger charge is -2.42. The third-order valence-corrected chi connectivity index (χ3v) is 10.3. The lowest BCUT2D eigenvalue weighted by molar-refractivity contribution is -0.160. The predicted octanol–water partition coefficient (Wildman–Crippen LogP) is 9.15. The normalized spacial score (nSPS) is 21.2. The Labute approximate surface area is 290 Å². The van der Waals surface area contributed by atoms with Crippen LogP contribution in [0.3, 0.4) is 0 Å². The maximum Gasteiger partial charge on any atom is 0.337 e. The second kappa shape index (κ2) is 13.4. The molecule has 1 N–H and O–H groups in total. The fourth-order valence-electron chi connectivity index (χ4n) is 6.78. The van der Waals surface area contributed by atoms with Gasteiger partial charge in [0.15, 0.2) is 11.8 Å². The van der Waals surface area contributed by atoms with Gasteiger partial charge < -0.3 is 24.2 Å². The molecule has 0 aliphatic carbocycles. The Morgan fingerprint density at radius 3 is 2.58 bits per heavy atom. The van der Waals surface area contributed by atoms with Gasteiger partial charge in [0.05, 0.1) is 27.5 Å². The molecule has 4 aromatic rings. The highest BCUT2D eigenvalue weighted by molar-refractivity contribution is 9.10. The van der Waals surface area contributed by atoms with Crippen molar-refractivity contribution in [2.45, 2.75) is 97.1 Å². The largest absolute Gasteiger partial charge is 0.490 e. The minimum absolute atomic E-state index is 0.0506. The first-order valence-corrected chi connectivity index (χ1v) is 17.6. The highest BCUT2D eigenvalue weighted by Gasteiger charge is 2.38. The molecule has 7 rings (SSSR count). The summed E-state index contributed by atoms with van der Waals surface area (Å²) in [7, 11) is 0. The van der Waals surface area contributed by atoms with Crippen molar-refractivity contribution in [2.75, 3.05) is 24.6 Å². The molecule has 0 radical (unpaired) electrons. The van der Waals surface area contributed by atoms with Crippen molar-refractivity contribution in [2.24, 2.45) is 0 Å². The van der Waals surface area contributed by atoms with E-state index < -0.39 is 17.7 Å². The van der Waals surface area contributed by atoms with E-state index >= 15 is 0 Å². The monoisotopic (exact) mass is 721 g/mol. The summed E-state index contributed by atoms with van der Waals surface area (Å²) in [5.74, 6) is -0.0105. The number of rotatable bonds is 3. The number of halogens is 2. The molecule has 2 aromatic heterocycles. The number of fused-ring (bicyclic) bond motifs is 8. The fourth-order valence-corrected chi connectivity index (χ4v) is 7.28. The molecule has 3 aliphatic rings. The lowest BCUT2D eigenvalue weighted by atomic mass is 9.92. The smallest absolute Gasteiger partial charge is 0.337 e. The molecule has 8 nitrogen and oxygen atoms in total. The minimum Gasteiger partial charge on any atom is -0.490 e. The van der Waals surface area contributed by atoms with E-state index in [4.69, 9.17) is 19.2 Å². The van der Waals surface area contributed by atoms with Gasteiger partial charge in [0, 0.05) is 42.6 Å². The number of imidazole rings is 1. The first-order valence-electron chi connectivity index (χ1n) is 16.8. The maximum absolute atomic E-state index is 14.6. The fraction of sp³-hybridized carbons (Fsp3) is 0.474. The van der Waals surface area contributed by atoms with Crippen LogP contribution >= 0.6 is 15.9 Å². The lowest BCUT2D eigenvalue weighted by Crippen LogP contribution is -2.45. The van der Waals surface area contributed by atoms with Crippen molar-refractivity contribution in [3.05, 3.63) is 70.1 Å². The van der Waals surface area contributed by atoms with Crippen LogP contribution in [0.2, 0.25) is 0 Å². The summed E-state index contributed by atoms with van der Waals surface area (Å²) < 4.78 is 36.5. The number of anilines is 1. The highest BCUT2D eigenvalue weighted by atomic mass is 79.9. The molecular weight excluding hydrogens is 677 g/mol. The molecule has 10 heteroatoms. The average Bonchev–Trinajstić information content (AvgIpc) is 3.48. The number of carboxylic acid groups (broad SMARTS) is 1. The number of pyridine rings is 1. The quantitative estimate of drug-likeness (QED) is 0.226. The topological polar surface area (TPSA) is 85.5 Å². The van der Waals surface area contributed by atoms with Crippen LogP contribution in [0.15, 0.2) is 53.1 Å². The van der Waals surface area contributed by atoms with Crippen molar-refractivity contribution in [1.29, 1.82) is 0 Å². The average molecular weight is 723 g/mol. The molecule has 2 aromatic carbocycles. The van der Waals surface area contributed by atoms with Gasteiger partial charge in [-0.1, -0.05) is 18.2 Å². The molecule has 48 heavy (non-hydrogen) atoms. The Kier molecular flexibility index (Phi) is 9.63. The SMILES string of the molecule is Cc1c([C@H](OC(C)(C)C)C(=O)O)c2n3cc(nc3c1Br)-c1cccc(c1)-c1cc(F)ccc1O[C@H](C)CCCCOC1(C)CCN2CC1. The number of hydrogen-bond donors (Lipinski definition) is 1. The maximum atomic E-state index is 14.6. The van der Waals surface area contributed by atoms with Gasteiger partial charge in [-0.2, -0.15) is 0 Å². The molecular formula is C38H45BrFN3O5. The van der Waals surface area contributed by atoms with Crippen molar-refractivity contribution >= 4 is 33.4 Å². The molecule has 0 amide bonds. The zero-order valence-electron chi connectivity index (χ0n) is 28.6. The zero-order chi connectivity index (χ0) is 34.4. The molecule has 0 saturated carbocycles. The number of aliphatic carboxylic acids is 1. The number of carboxylic acids is 1. The summed E-state index contributed by atoms with van der Waals surface area (Å²) in [5, 5.41) is 10.6. The van der Waals surface area contributed by atoms with Gasteiger partial charge in [-0.3, -0.25) is 4.40 Å². The Morgan fingerprint density at radius 1 is 1.15 bits per heavy atom. The van der Waals surface area contributed by atoms with Crippen molar-refractivity contribution in [3.8, 4) is 28.1 Å². The van der Waals surface area contributed by atoms with E-state index in [2.05, 4.69) is 34.7 Å². The van der Waals surface area contributed by atoms with Crippen molar-refractivity contribution in [3.63, 3.8) is 0 Å². The molecule has 6 bridgehead atoms. The van der Waals surface area contributed by atoms with E-state index in [0.717, 1.165) is 54.6 Å². The third-order valence-electron chi connectivity index (χ3n) is 9.38. The van der Waals surface area contributed by atoms with E-state index in [0.29, 0.717) is 52.4 Å². The highest BCUT2D eigenvalue weighted by Crippen LogP contribution is 2.43. The molecule has 1 fully saturated rings. The van der Waals surface area contributed by atoms with E-state index in [1.165, 1.54) is 12.1 Å². The number of ether oxygens (including phenoxy) is 3. The number of carbonyl (C=O) groups is 1. The van der Waals surface area contributed by atoms with Crippen LogP contribution in [0.5, 0.6) is 5.75 Å². The molecule has 5 heterocycles. The standard InChI is InChI=1S/C38H45BrFN3O5/c1-23-10-7-8-19-46-38(6)15-17-42(18-16-38)35-31(33(36(44)45)48-37(3,4)5)24(2)32(39)34-41-29(22-43(34)35)26-12-9-11-25(20-26)28-21-27(40)13-14-30(28)47-23/h9,11-14,20-23,33H,7-8,10,15-19H2,1-6H3,(H,44,45)/t23-,33+/m1/s1. The summed E-state index contributed by atoms with van der Waals surface area (Å²) in [5.41, 5.74) is 4.05. The van der Waals surface area contributed by atoms with Crippen molar-refractivity contribution in [1.82, 2.24) is 9.38 Å². The zero-order valence-corrected chi connectivity index (χ0v) is 30.2. The van der Waals surface area contributed by atoms with Crippen LogP contribution in [-0.4, -0.2) is 57.5 Å². The number of aromatic nitrogens is 2. The van der Waals surface area contributed by atoms with Gasteiger partial charge in [-0.25, -0.2) is 14.2 Å². The van der Waals surface area contributed by atoms with Crippen LogP contribution in [0.25, 0.3) is 28.0 Å². The van der Waals surface area contributed by atoms with Crippen molar-refractivity contribution < 1.29 is 28.5 Å². The molecule has 3 aliphatic heterocycles. The van der Waals surface area contributed by atoms with E-state index in [-0.39, 0.29) is 17.5 Å². The molecule has 2 atom stereocenters. The second-order valence-electron chi connectivity index (χ2n) is 14.4. The summed E-state index contributed by atoms with van der Waals surface area (Å²) in [6, 6.07) is 12.5. The summed E-state index contributed by atoms with van der Waals surface area (Å²) in [4.78, 5) is 20.3. The molecule has 0 unspecified atom stereocenters. The van der Waals surface area contributed by atoms with Crippen LogP contribution in [0.1, 0.15) is 84.0 Å². The van der Waals surface area contributed by atoms with E-state index in [1.807, 2.05) is 62.6 Å². The summed E-state index contributed by atoms with van der Waals surface area (Å²) >= 11 is 3.79. The van der Waals surface area contributed by atoms with Crippen LogP contribution in [0, 0.1) is 12.7 Å². The number of nitrogens with zero attached hydrogens (tertiary/aromatic N) is 3. The predicted molar refractivity (Wildman–Crippen MR) is 189 cm³/mol. The molecule has 256 valence electrons. The Bertz CT molecular complexity index is 1830. The summed E-state index contributed by atoms with van der Waals surface area (Å²) in [6.45, 7) is 13.8. The number of hydrogen-bond acceptors (Lipinski definition) is 6. The molecule has 1 saturated heterocycles. The van der Waals surface area contributed by atoms with Crippen LogP contribution in [0.4, 0.5) is 10.2 Å². The van der Waals surface area contributed by atoms with Crippen LogP contribution < -0.4 is 9.64 Å². The van der Waals surface area contributed by atoms with Gasteiger partial charge >= 0.3 is 5.97 Å². The second-order valence-corrected chi connectivity index (χ2v) is 15.2. The Morgan fingerprint density at radius 2 is 1.88 bits per heavy atom.